The van der Waals surface area contributed by atoms with Crippen LogP contribution in [0.5, 0.6) is 0 Å². The van der Waals surface area contributed by atoms with Crippen LogP contribution in [0.2, 0.25) is 10.0 Å². The summed E-state index contributed by atoms with van der Waals surface area (Å²) in [5, 5.41) is 17.8. The summed E-state index contributed by atoms with van der Waals surface area (Å²) in [4.78, 5) is 30.8. The predicted octanol–water partition coefficient (Wildman–Crippen LogP) is 4.86. The minimum absolute atomic E-state index is 0.282. The number of carbonyl (C=O) groups is 2. The van der Waals surface area contributed by atoms with E-state index in [9.17, 15) is 14.7 Å². The van der Waals surface area contributed by atoms with Crippen molar-refractivity contribution in [2.45, 2.75) is 44.7 Å². The highest BCUT2D eigenvalue weighted by molar-refractivity contribution is 6.34. The number of fused-ring (bicyclic) bond motifs is 1. The van der Waals surface area contributed by atoms with E-state index < -0.39 is 12.0 Å². The van der Waals surface area contributed by atoms with Crippen LogP contribution in [0.1, 0.15) is 52.5 Å². The average molecular weight is 516 g/mol. The molecule has 0 spiro atoms. The zero-order valence-electron chi connectivity index (χ0n) is 19.4. The number of carboxylic acids is 1. The van der Waals surface area contributed by atoms with Crippen LogP contribution in [0.3, 0.4) is 0 Å². The molecule has 1 amide bonds. The number of hydrogen-bond donors (Lipinski definition) is 2. The molecule has 2 aromatic heterocycles. The molecule has 2 N–H and O–H groups in total. The quantitative estimate of drug-likeness (QED) is 0.421. The maximum absolute atomic E-state index is 13.2. The first kappa shape index (κ1) is 25.0. The Morgan fingerprint density at radius 3 is 2.74 bits per heavy atom. The Morgan fingerprint density at radius 1 is 1.23 bits per heavy atom. The lowest BCUT2D eigenvalue weighted by atomic mass is 10.0. The van der Waals surface area contributed by atoms with Gasteiger partial charge in [0.1, 0.15) is 5.82 Å². The number of aliphatic carboxylic acids is 1. The fourth-order valence-electron chi connectivity index (χ4n) is 4.28. The van der Waals surface area contributed by atoms with Crippen molar-refractivity contribution in [3.63, 3.8) is 0 Å². The van der Waals surface area contributed by atoms with Crippen LogP contribution in [-0.2, 0) is 24.2 Å². The summed E-state index contributed by atoms with van der Waals surface area (Å²) >= 11 is 12.2. The molecular formula is C25H27Cl2N5O3. The summed E-state index contributed by atoms with van der Waals surface area (Å²) in [6, 6.07) is 8.29. The summed E-state index contributed by atoms with van der Waals surface area (Å²) in [5.41, 5.74) is 3.23. The van der Waals surface area contributed by atoms with Gasteiger partial charge in [0.25, 0.3) is 5.91 Å². The molecule has 0 saturated heterocycles. The molecule has 0 saturated carbocycles. The van der Waals surface area contributed by atoms with Crippen LogP contribution < -0.4 is 5.32 Å². The van der Waals surface area contributed by atoms with Crippen LogP contribution in [0.15, 0.2) is 42.7 Å². The Bertz CT molecular complexity index is 1210. The maximum Gasteiger partial charge on any atom is 0.305 e. The van der Waals surface area contributed by atoms with Crippen molar-refractivity contribution in [1.29, 1.82) is 0 Å². The number of pyridine rings is 1. The van der Waals surface area contributed by atoms with Gasteiger partial charge in [0.2, 0.25) is 0 Å². The van der Waals surface area contributed by atoms with Gasteiger partial charge in [-0.05, 0) is 61.1 Å². The minimum Gasteiger partial charge on any atom is -0.481 e. The molecule has 184 valence electrons. The number of nitrogens with one attached hydrogen (secondary N) is 1. The third-order valence-corrected chi connectivity index (χ3v) is 6.51. The number of benzene rings is 1. The molecule has 0 aliphatic carbocycles. The highest BCUT2D eigenvalue weighted by Crippen LogP contribution is 2.30. The third-order valence-electron chi connectivity index (χ3n) is 6.08. The Hall–Kier alpha value is -3.10. The van der Waals surface area contributed by atoms with E-state index in [0.29, 0.717) is 27.7 Å². The first-order valence-electron chi connectivity index (χ1n) is 11.5. The van der Waals surface area contributed by atoms with E-state index in [2.05, 4.69) is 22.5 Å². The first-order chi connectivity index (χ1) is 16.8. The van der Waals surface area contributed by atoms with Crippen LogP contribution in [-0.4, -0.2) is 50.2 Å². The van der Waals surface area contributed by atoms with Gasteiger partial charge in [-0.3, -0.25) is 14.3 Å². The molecule has 4 rings (SSSR count). The predicted molar refractivity (Wildman–Crippen MR) is 135 cm³/mol. The van der Waals surface area contributed by atoms with Crippen molar-refractivity contribution >= 4 is 40.9 Å². The van der Waals surface area contributed by atoms with Gasteiger partial charge < -0.3 is 15.3 Å². The Morgan fingerprint density at radius 2 is 2.00 bits per heavy atom. The molecule has 1 atom stereocenters. The average Bonchev–Trinajstić information content (AvgIpc) is 3.29. The second-order valence-corrected chi connectivity index (χ2v) is 9.54. The molecule has 0 unspecified atom stereocenters. The van der Waals surface area contributed by atoms with E-state index in [1.54, 1.807) is 36.1 Å². The zero-order valence-corrected chi connectivity index (χ0v) is 20.9. The number of aromatic nitrogens is 3. The number of carboxylic acid groups (broad SMARTS) is 1. The molecule has 8 nitrogen and oxygen atoms in total. The van der Waals surface area contributed by atoms with Crippen molar-refractivity contribution < 1.29 is 14.7 Å². The number of hydrogen-bond acceptors (Lipinski definition) is 5. The maximum atomic E-state index is 13.2. The van der Waals surface area contributed by atoms with Crippen molar-refractivity contribution in [3.8, 4) is 0 Å². The highest BCUT2D eigenvalue weighted by Gasteiger charge is 2.26. The topological polar surface area (TPSA) is 100 Å². The lowest BCUT2D eigenvalue weighted by molar-refractivity contribution is -0.138. The molecule has 3 heterocycles. The minimum atomic E-state index is -1.03. The fourth-order valence-corrected chi connectivity index (χ4v) is 4.83. The lowest BCUT2D eigenvalue weighted by Gasteiger charge is -2.27. The summed E-state index contributed by atoms with van der Waals surface area (Å²) in [5.74, 6) is -0.380. The first-order valence-corrected chi connectivity index (χ1v) is 12.3. The number of rotatable bonds is 9. The molecule has 0 radical (unpaired) electrons. The Balaban J connectivity index is 1.40. The van der Waals surface area contributed by atoms with Crippen LogP contribution >= 0.6 is 23.2 Å². The van der Waals surface area contributed by atoms with E-state index in [1.807, 2.05) is 0 Å². The van der Waals surface area contributed by atoms with E-state index in [4.69, 9.17) is 28.2 Å². The van der Waals surface area contributed by atoms with Crippen molar-refractivity contribution in [2.24, 2.45) is 0 Å². The van der Waals surface area contributed by atoms with Crippen molar-refractivity contribution in [2.75, 3.05) is 18.9 Å². The second kappa shape index (κ2) is 11.1. The third kappa shape index (κ3) is 6.32. The van der Waals surface area contributed by atoms with Gasteiger partial charge in [-0.2, -0.15) is 5.10 Å². The van der Waals surface area contributed by atoms with Crippen molar-refractivity contribution in [1.82, 2.24) is 19.7 Å². The normalized spacial score (nSPS) is 13.6. The summed E-state index contributed by atoms with van der Waals surface area (Å²) in [7, 11) is 1.57. The molecule has 0 fully saturated rings. The monoisotopic (exact) mass is 515 g/mol. The molecule has 35 heavy (non-hydrogen) atoms. The number of anilines is 1. The van der Waals surface area contributed by atoms with Gasteiger partial charge >= 0.3 is 5.97 Å². The van der Waals surface area contributed by atoms with E-state index in [-0.39, 0.29) is 12.3 Å². The molecule has 0 bridgehead atoms. The van der Waals surface area contributed by atoms with E-state index in [0.717, 1.165) is 43.7 Å². The Labute approximate surface area is 213 Å². The Kier molecular flexibility index (Phi) is 7.93. The van der Waals surface area contributed by atoms with Crippen LogP contribution in [0.25, 0.3) is 0 Å². The zero-order chi connectivity index (χ0) is 24.9. The molecule has 1 aliphatic rings. The molecule has 10 heteroatoms. The number of aryl methyl sites for hydroxylation is 3. The van der Waals surface area contributed by atoms with Crippen molar-refractivity contribution in [3.05, 3.63) is 75.2 Å². The number of halogens is 2. The molecular weight excluding hydrogens is 489 g/mol. The number of carbonyl (C=O) groups excluding carboxylic acids is 1. The summed E-state index contributed by atoms with van der Waals surface area (Å²) < 4.78 is 1.72. The number of amides is 1. The van der Waals surface area contributed by atoms with Gasteiger partial charge in [-0.1, -0.05) is 29.3 Å². The lowest BCUT2D eigenvalue weighted by Crippen LogP contribution is -2.32. The van der Waals surface area contributed by atoms with Crippen LogP contribution in [0, 0.1) is 0 Å². The van der Waals surface area contributed by atoms with Gasteiger partial charge in [-0.15, -0.1) is 0 Å². The highest BCUT2D eigenvalue weighted by atomic mass is 35.5. The van der Waals surface area contributed by atoms with Crippen LogP contribution in [0.4, 0.5) is 5.82 Å². The molecule has 1 aliphatic heterocycles. The molecule has 1 aromatic carbocycles. The van der Waals surface area contributed by atoms with Gasteiger partial charge in [-0.25, -0.2) is 4.98 Å². The van der Waals surface area contributed by atoms with Gasteiger partial charge in [0.15, 0.2) is 0 Å². The standard InChI is InChI=1S/C25H27Cl2N5O3/c1-31(22(13-23(33)34)17-10-19(26)12-20(27)11-17)25(35)18-14-29-32(15-18)9-3-5-21-7-6-16-4-2-8-28-24(16)30-21/h6-7,10-12,14-15,22H,2-5,8-9,13H2,1H3,(H,28,30)(H,33,34)/t22-/m0/s1. The smallest absolute Gasteiger partial charge is 0.305 e. The second-order valence-electron chi connectivity index (χ2n) is 8.67. The summed E-state index contributed by atoms with van der Waals surface area (Å²) in [6.45, 7) is 1.59. The molecule has 3 aromatic rings. The largest absolute Gasteiger partial charge is 0.481 e. The van der Waals surface area contributed by atoms with E-state index >= 15 is 0 Å². The van der Waals surface area contributed by atoms with Gasteiger partial charge in [0, 0.05) is 42.1 Å². The number of nitrogens with zero attached hydrogens (tertiary/aromatic N) is 4. The fraction of sp³-hybridized carbons (Fsp3) is 0.360. The SMILES string of the molecule is CN(C(=O)c1cnn(CCCc2ccc3c(n2)NCCC3)c1)[C@@H](CC(=O)O)c1cc(Cl)cc(Cl)c1. The van der Waals surface area contributed by atoms with E-state index in [1.165, 1.54) is 16.7 Å². The van der Waals surface area contributed by atoms with Gasteiger partial charge in [0.05, 0.1) is 24.2 Å². The summed E-state index contributed by atoms with van der Waals surface area (Å²) in [6.07, 6.45) is 6.72.